The molecule has 1 amide bonds. The molecule has 2 rings (SSSR count). The second-order valence-electron chi connectivity index (χ2n) is 6.52. The first-order chi connectivity index (χ1) is 9.85. The summed E-state index contributed by atoms with van der Waals surface area (Å²) in [6, 6.07) is 0.321. The normalized spacial score (nSPS) is 29.7. The lowest BCUT2D eigenvalue weighted by Gasteiger charge is -2.23. The van der Waals surface area contributed by atoms with Crippen LogP contribution < -0.4 is 10.6 Å². The van der Waals surface area contributed by atoms with Gasteiger partial charge in [-0.2, -0.15) is 0 Å². The first-order valence-electron chi connectivity index (χ1n) is 7.80. The maximum absolute atomic E-state index is 11.9. The van der Waals surface area contributed by atoms with Crippen molar-refractivity contribution in [2.24, 2.45) is 5.92 Å². The standard InChI is InChI=1S/C14H27N3O3S/c1-11(2)17-5-3-12(9-17)8-16-14(18)7-13-10-21(19,20)6-4-15-13/h11-13,15H,3-10H2,1-2H3,(H,16,18). The number of nitrogens with one attached hydrogen (secondary N) is 2. The van der Waals surface area contributed by atoms with Crippen molar-refractivity contribution in [3.05, 3.63) is 0 Å². The van der Waals surface area contributed by atoms with Crippen LogP contribution in [-0.2, 0) is 14.6 Å². The van der Waals surface area contributed by atoms with Crippen molar-refractivity contribution in [1.82, 2.24) is 15.5 Å². The summed E-state index contributed by atoms with van der Waals surface area (Å²) in [5.74, 6) is 0.718. The number of hydrogen-bond acceptors (Lipinski definition) is 5. The molecule has 2 N–H and O–H groups in total. The molecule has 0 aromatic carbocycles. The van der Waals surface area contributed by atoms with E-state index in [1.165, 1.54) is 0 Å². The second kappa shape index (κ2) is 7.07. The minimum absolute atomic E-state index is 0.0485. The molecule has 2 saturated heterocycles. The summed E-state index contributed by atoms with van der Waals surface area (Å²) in [7, 11) is -2.97. The zero-order valence-electron chi connectivity index (χ0n) is 13.0. The molecule has 0 spiro atoms. The fourth-order valence-electron chi connectivity index (χ4n) is 3.05. The Labute approximate surface area is 127 Å². The molecule has 2 aliphatic heterocycles. The van der Waals surface area contributed by atoms with Gasteiger partial charge in [-0.3, -0.25) is 4.79 Å². The largest absolute Gasteiger partial charge is 0.356 e. The third kappa shape index (κ3) is 5.23. The van der Waals surface area contributed by atoms with Gasteiger partial charge in [0.25, 0.3) is 0 Å². The quantitative estimate of drug-likeness (QED) is 0.722. The van der Waals surface area contributed by atoms with Crippen LogP contribution in [0.3, 0.4) is 0 Å². The van der Waals surface area contributed by atoms with Crippen LogP contribution in [0.5, 0.6) is 0 Å². The number of nitrogens with zero attached hydrogens (tertiary/aromatic N) is 1. The van der Waals surface area contributed by atoms with Crippen molar-refractivity contribution in [2.75, 3.05) is 37.7 Å². The number of amides is 1. The zero-order chi connectivity index (χ0) is 15.5. The van der Waals surface area contributed by atoms with Crippen molar-refractivity contribution < 1.29 is 13.2 Å². The number of carbonyl (C=O) groups is 1. The fraction of sp³-hybridized carbons (Fsp3) is 0.929. The molecule has 21 heavy (non-hydrogen) atoms. The van der Waals surface area contributed by atoms with Gasteiger partial charge < -0.3 is 15.5 Å². The Bertz CT molecular complexity index is 464. The molecule has 0 aromatic rings. The SMILES string of the molecule is CC(C)N1CCC(CNC(=O)CC2CS(=O)(=O)CCN2)C1. The summed E-state index contributed by atoms with van der Waals surface area (Å²) < 4.78 is 23.1. The highest BCUT2D eigenvalue weighted by molar-refractivity contribution is 7.91. The lowest BCUT2D eigenvalue weighted by atomic mass is 10.1. The van der Waals surface area contributed by atoms with Crippen molar-refractivity contribution >= 4 is 15.7 Å². The van der Waals surface area contributed by atoms with Gasteiger partial charge in [-0.15, -0.1) is 0 Å². The fourth-order valence-corrected chi connectivity index (χ4v) is 4.50. The Kier molecular flexibility index (Phi) is 5.62. The monoisotopic (exact) mass is 317 g/mol. The topological polar surface area (TPSA) is 78.5 Å². The van der Waals surface area contributed by atoms with Crippen LogP contribution in [0.15, 0.2) is 0 Å². The number of likely N-dealkylation sites (tertiary alicyclic amines) is 1. The lowest BCUT2D eigenvalue weighted by molar-refractivity contribution is -0.121. The van der Waals surface area contributed by atoms with E-state index < -0.39 is 9.84 Å². The molecule has 2 fully saturated rings. The molecular weight excluding hydrogens is 290 g/mol. The van der Waals surface area contributed by atoms with Crippen LogP contribution in [0, 0.1) is 5.92 Å². The highest BCUT2D eigenvalue weighted by Gasteiger charge is 2.27. The third-order valence-corrected chi connectivity index (χ3v) is 6.10. The van der Waals surface area contributed by atoms with E-state index in [1.807, 2.05) is 0 Å². The average molecular weight is 317 g/mol. The van der Waals surface area contributed by atoms with Crippen molar-refractivity contribution in [2.45, 2.75) is 38.8 Å². The van der Waals surface area contributed by atoms with Crippen molar-refractivity contribution in [1.29, 1.82) is 0 Å². The maximum atomic E-state index is 11.9. The van der Waals surface area contributed by atoms with Crippen LogP contribution in [0.1, 0.15) is 26.7 Å². The van der Waals surface area contributed by atoms with Crippen LogP contribution in [-0.4, -0.2) is 69.0 Å². The van der Waals surface area contributed by atoms with Crippen molar-refractivity contribution in [3.8, 4) is 0 Å². The minimum atomic E-state index is -2.97. The summed E-state index contributed by atoms with van der Waals surface area (Å²) in [5.41, 5.74) is 0. The van der Waals surface area contributed by atoms with Gasteiger partial charge in [0.2, 0.25) is 5.91 Å². The molecule has 122 valence electrons. The molecule has 2 unspecified atom stereocenters. The Morgan fingerprint density at radius 2 is 2.19 bits per heavy atom. The maximum Gasteiger partial charge on any atom is 0.221 e. The number of hydrogen-bond donors (Lipinski definition) is 2. The van der Waals surface area contributed by atoms with Crippen molar-refractivity contribution in [3.63, 3.8) is 0 Å². The average Bonchev–Trinajstić information content (AvgIpc) is 2.84. The first-order valence-corrected chi connectivity index (χ1v) is 9.62. The molecule has 0 aliphatic carbocycles. The van der Waals surface area contributed by atoms with E-state index >= 15 is 0 Å². The van der Waals surface area contributed by atoms with Gasteiger partial charge in [0.05, 0.1) is 11.5 Å². The van der Waals surface area contributed by atoms with E-state index in [0.29, 0.717) is 25.0 Å². The first kappa shape index (κ1) is 16.7. The van der Waals surface area contributed by atoms with E-state index in [9.17, 15) is 13.2 Å². The molecule has 6 nitrogen and oxygen atoms in total. The van der Waals surface area contributed by atoms with E-state index in [2.05, 4.69) is 29.4 Å². The predicted molar refractivity (Wildman–Crippen MR) is 82.9 cm³/mol. The van der Waals surface area contributed by atoms with Crippen LogP contribution in [0.2, 0.25) is 0 Å². The summed E-state index contributed by atoms with van der Waals surface area (Å²) in [6.07, 6.45) is 1.37. The molecular formula is C14H27N3O3S. The van der Waals surface area contributed by atoms with Crippen LogP contribution >= 0.6 is 0 Å². The Hall–Kier alpha value is -0.660. The third-order valence-electron chi connectivity index (χ3n) is 4.37. The lowest BCUT2D eigenvalue weighted by Crippen LogP contribution is -2.47. The Morgan fingerprint density at radius 1 is 1.43 bits per heavy atom. The summed E-state index contributed by atoms with van der Waals surface area (Å²) in [5, 5.41) is 6.07. The van der Waals surface area contributed by atoms with Crippen LogP contribution in [0.4, 0.5) is 0 Å². The van der Waals surface area contributed by atoms with Crippen LogP contribution in [0.25, 0.3) is 0 Å². The smallest absolute Gasteiger partial charge is 0.221 e. The van der Waals surface area contributed by atoms with E-state index in [4.69, 9.17) is 0 Å². The predicted octanol–water partition coefficient (Wildman–Crippen LogP) is -0.390. The molecule has 0 aromatic heterocycles. The highest BCUT2D eigenvalue weighted by atomic mass is 32.2. The molecule has 0 bridgehead atoms. The van der Waals surface area contributed by atoms with Gasteiger partial charge in [0, 0.05) is 38.1 Å². The van der Waals surface area contributed by atoms with Gasteiger partial charge in [-0.05, 0) is 32.7 Å². The summed E-state index contributed by atoms with van der Waals surface area (Å²) >= 11 is 0. The molecule has 2 heterocycles. The van der Waals surface area contributed by atoms with Gasteiger partial charge in [0.15, 0.2) is 9.84 Å². The van der Waals surface area contributed by atoms with Gasteiger partial charge in [-0.25, -0.2) is 8.42 Å². The summed E-state index contributed by atoms with van der Waals surface area (Å²) in [6.45, 7) is 7.66. The molecule has 0 saturated carbocycles. The van der Waals surface area contributed by atoms with E-state index in [1.54, 1.807) is 0 Å². The minimum Gasteiger partial charge on any atom is -0.356 e. The van der Waals surface area contributed by atoms with E-state index in [0.717, 1.165) is 19.5 Å². The highest BCUT2D eigenvalue weighted by Crippen LogP contribution is 2.17. The number of sulfone groups is 1. The number of rotatable bonds is 5. The zero-order valence-corrected chi connectivity index (χ0v) is 13.8. The molecule has 7 heteroatoms. The summed E-state index contributed by atoms with van der Waals surface area (Å²) in [4.78, 5) is 14.4. The molecule has 0 radical (unpaired) electrons. The molecule has 2 aliphatic rings. The second-order valence-corrected chi connectivity index (χ2v) is 8.75. The van der Waals surface area contributed by atoms with Gasteiger partial charge >= 0.3 is 0 Å². The molecule has 2 atom stereocenters. The van der Waals surface area contributed by atoms with E-state index in [-0.39, 0.29) is 29.9 Å². The Balaban J connectivity index is 1.68. The number of carbonyl (C=O) groups excluding carboxylic acids is 1. The van der Waals surface area contributed by atoms with Gasteiger partial charge in [0.1, 0.15) is 0 Å². The Morgan fingerprint density at radius 3 is 2.81 bits per heavy atom. The van der Waals surface area contributed by atoms with Gasteiger partial charge in [-0.1, -0.05) is 0 Å².